The molecule has 1 aliphatic heterocycles. The van der Waals surface area contributed by atoms with E-state index < -0.39 is 23.5 Å². The third-order valence-corrected chi connectivity index (χ3v) is 6.11. The molecule has 174 valence electrons. The predicted octanol–water partition coefficient (Wildman–Crippen LogP) is 5.03. The number of methoxy groups -OCH3 is 2. The van der Waals surface area contributed by atoms with Crippen LogP contribution in [-0.2, 0) is 16.1 Å². The number of amides is 1. The predicted molar refractivity (Wildman–Crippen MR) is 128 cm³/mol. The van der Waals surface area contributed by atoms with Gasteiger partial charge in [-0.2, -0.15) is 0 Å². The van der Waals surface area contributed by atoms with E-state index in [1.165, 1.54) is 31.3 Å². The van der Waals surface area contributed by atoms with Crippen molar-refractivity contribution in [1.82, 2.24) is 9.88 Å². The van der Waals surface area contributed by atoms with Crippen LogP contribution in [0, 0.1) is 0 Å². The van der Waals surface area contributed by atoms with E-state index in [-0.39, 0.29) is 33.5 Å². The number of halogens is 2. The number of para-hydroxylation sites is 1. The average Bonchev–Trinajstić information content (AvgIpc) is 3.09. The summed E-state index contributed by atoms with van der Waals surface area (Å²) < 4.78 is 10.6. The molecule has 2 aromatic carbocycles. The summed E-state index contributed by atoms with van der Waals surface area (Å²) in [5.74, 6) is -1.18. The van der Waals surface area contributed by atoms with Crippen molar-refractivity contribution in [3.63, 3.8) is 0 Å². The topological polar surface area (TPSA) is 89.0 Å². The Hall–Kier alpha value is -3.55. The normalized spacial score (nSPS) is 17.2. The highest BCUT2D eigenvalue weighted by Crippen LogP contribution is 2.42. The third-order valence-electron chi connectivity index (χ3n) is 5.55. The molecule has 0 spiro atoms. The van der Waals surface area contributed by atoms with Crippen LogP contribution in [0.3, 0.4) is 0 Å². The average molecular weight is 499 g/mol. The molecular weight excluding hydrogens is 479 g/mol. The highest BCUT2D eigenvalue weighted by atomic mass is 35.5. The van der Waals surface area contributed by atoms with E-state index in [1.807, 2.05) is 18.2 Å². The molecule has 9 heteroatoms. The molecule has 1 atom stereocenters. The van der Waals surface area contributed by atoms with Gasteiger partial charge in [0.2, 0.25) is 0 Å². The maximum absolute atomic E-state index is 13.2. The lowest BCUT2D eigenvalue weighted by atomic mass is 9.96. The molecule has 2 heterocycles. The quantitative estimate of drug-likeness (QED) is 0.291. The van der Waals surface area contributed by atoms with Crippen LogP contribution in [0.2, 0.25) is 10.0 Å². The van der Waals surface area contributed by atoms with E-state index in [0.717, 1.165) is 0 Å². The van der Waals surface area contributed by atoms with Crippen molar-refractivity contribution < 1.29 is 24.2 Å². The number of likely N-dealkylation sites (tertiary alicyclic amines) is 1. The lowest BCUT2D eigenvalue weighted by Gasteiger charge is -2.25. The number of nitrogens with zero attached hydrogens (tertiary/aromatic N) is 2. The SMILES string of the molecule is COc1ccccc1CN1C(=O)C(=O)/C(=C(/O)c2cc(Cl)c(OC)c(Cl)c2)C1c1cccnc1. The molecule has 1 N–H and O–H groups in total. The van der Waals surface area contributed by atoms with Crippen LogP contribution in [0.4, 0.5) is 0 Å². The maximum atomic E-state index is 13.2. The number of carbonyl (C=O) groups excluding carboxylic acids is 2. The Morgan fingerprint density at radius 2 is 1.76 bits per heavy atom. The molecular formula is C25H20Cl2N2O5. The van der Waals surface area contributed by atoms with Crippen molar-refractivity contribution in [2.75, 3.05) is 14.2 Å². The molecule has 0 aliphatic carbocycles. The highest BCUT2D eigenvalue weighted by Gasteiger charge is 2.46. The molecule has 4 rings (SSSR count). The van der Waals surface area contributed by atoms with Crippen LogP contribution in [0.15, 0.2) is 66.5 Å². The molecule has 1 fully saturated rings. The fourth-order valence-corrected chi connectivity index (χ4v) is 4.63. The van der Waals surface area contributed by atoms with Crippen molar-refractivity contribution in [2.24, 2.45) is 0 Å². The molecule has 1 amide bonds. The van der Waals surface area contributed by atoms with Crippen LogP contribution < -0.4 is 9.47 Å². The second-order valence-electron chi connectivity index (χ2n) is 7.50. The summed E-state index contributed by atoms with van der Waals surface area (Å²) in [6.45, 7) is 0.0784. The van der Waals surface area contributed by atoms with Gasteiger partial charge in [-0.05, 0) is 29.8 Å². The van der Waals surface area contributed by atoms with Gasteiger partial charge in [-0.1, -0.05) is 47.5 Å². The van der Waals surface area contributed by atoms with Gasteiger partial charge in [0.25, 0.3) is 11.7 Å². The van der Waals surface area contributed by atoms with E-state index in [0.29, 0.717) is 16.9 Å². The minimum atomic E-state index is -0.890. The van der Waals surface area contributed by atoms with E-state index in [4.69, 9.17) is 32.7 Å². The van der Waals surface area contributed by atoms with Crippen molar-refractivity contribution >= 4 is 40.7 Å². The van der Waals surface area contributed by atoms with Gasteiger partial charge in [-0.25, -0.2) is 0 Å². The van der Waals surface area contributed by atoms with Gasteiger partial charge >= 0.3 is 0 Å². The number of Topliss-reactive ketones (excluding diaryl/α,β-unsaturated/α-hetero) is 1. The first-order valence-corrected chi connectivity index (χ1v) is 11.0. The first-order chi connectivity index (χ1) is 16.4. The fraction of sp³-hybridized carbons (Fsp3) is 0.160. The lowest BCUT2D eigenvalue weighted by molar-refractivity contribution is -0.140. The summed E-state index contributed by atoms with van der Waals surface area (Å²) in [5.41, 5.74) is 1.35. The number of hydrogen-bond donors (Lipinski definition) is 1. The summed E-state index contributed by atoms with van der Waals surface area (Å²) in [4.78, 5) is 31.9. The second-order valence-corrected chi connectivity index (χ2v) is 8.31. The number of ketones is 1. The number of ether oxygens (including phenoxy) is 2. The molecule has 1 unspecified atom stereocenters. The summed E-state index contributed by atoms with van der Waals surface area (Å²) in [7, 11) is 2.95. The smallest absolute Gasteiger partial charge is 0.295 e. The minimum Gasteiger partial charge on any atom is -0.507 e. The molecule has 0 saturated carbocycles. The first-order valence-electron chi connectivity index (χ1n) is 10.2. The van der Waals surface area contributed by atoms with Gasteiger partial charge in [0.1, 0.15) is 11.5 Å². The Morgan fingerprint density at radius 3 is 2.38 bits per heavy atom. The molecule has 0 radical (unpaired) electrons. The molecule has 1 saturated heterocycles. The Kier molecular flexibility index (Phi) is 6.77. The number of hydrogen-bond acceptors (Lipinski definition) is 6. The molecule has 34 heavy (non-hydrogen) atoms. The zero-order chi connectivity index (χ0) is 24.4. The zero-order valence-electron chi connectivity index (χ0n) is 18.3. The van der Waals surface area contributed by atoms with Gasteiger partial charge in [0.15, 0.2) is 5.75 Å². The Balaban J connectivity index is 1.88. The number of pyridine rings is 1. The van der Waals surface area contributed by atoms with Gasteiger partial charge in [0.05, 0.1) is 42.4 Å². The Bertz CT molecular complexity index is 1270. The summed E-state index contributed by atoms with van der Waals surface area (Å²) in [5, 5.41) is 11.5. The van der Waals surface area contributed by atoms with Crippen LogP contribution in [-0.4, -0.2) is 40.9 Å². The van der Waals surface area contributed by atoms with Crippen molar-refractivity contribution in [3.05, 3.63) is 93.2 Å². The van der Waals surface area contributed by atoms with Crippen LogP contribution in [0.5, 0.6) is 11.5 Å². The monoisotopic (exact) mass is 498 g/mol. The minimum absolute atomic E-state index is 0.0784. The maximum Gasteiger partial charge on any atom is 0.295 e. The van der Waals surface area contributed by atoms with Crippen molar-refractivity contribution in [1.29, 1.82) is 0 Å². The van der Waals surface area contributed by atoms with E-state index in [2.05, 4.69) is 4.98 Å². The van der Waals surface area contributed by atoms with Gasteiger partial charge in [-0.3, -0.25) is 14.6 Å². The van der Waals surface area contributed by atoms with Gasteiger partial charge < -0.3 is 19.5 Å². The molecule has 0 bridgehead atoms. The molecule has 1 aliphatic rings. The summed E-state index contributed by atoms with van der Waals surface area (Å²) in [6, 6.07) is 12.6. The van der Waals surface area contributed by atoms with E-state index >= 15 is 0 Å². The number of aliphatic hydroxyl groups is 1. The molecule has 3 aromatic rings. The van der Waals surface area contributed by atoms with Crippen LogP contribution in [0.1, 0.15) is 22.7 Å². The standard InChI is InChI=1S/C25H20Cl2N2O5/c1-33-19-8-4-3-6-15(19)13-29-21(14-7-5-9-28-12-14)20(23(31)25(29)32)22(30)16-10-17(26)24(34-2)18(27)11-16/h3-12,21,30H,13H2,1-2H3/b22-20+. The van der Waals surface area contributed by atoms with Gasteiger partial charge in [-0.15, -0.1) is 0 Å². The number of aliphatic hydroxyl groups excluding tert-OH is 1. The number of aromatic nitrogens is 1. The number of benzene rings is 2. The van der Waals surface area contributed by atoms with E-state index in [1.54, 1.807) is 30.6 Å². The lowest BCUT2D eigenvalue weighted by Crippen LogP contribution is -2.29. The van der Waals surface area contributed by atoms with Crippen LogP contribution >= 0.6 is 23.2 Å². The van der Waals surface area contributed by atoms with Crippen molar-refractivity contribution in [3.8, 4) is 11.5 Å². The summed E-state index contributed by atoms with van der Waals surface area (Å²) >= 11 is 12.5. The van der Waals surface area contributed by atoms with E-state index in [9.17, 15) is 14.7 Å². The zero-order valence-corrected chi connectivity index (χ0v) is 19.8. The van der Waals surface area contributed by atoms with Gasteiger partial charge in [0, 0.05) is 23.5 Å². The number of rotatable bonds is 6. The Morgan fingerprint density at radius 1 is 1.06 bits per heavy atom. The molecule has 7 nitrogen and oxygen atoms in total. The number of carbonyl (C=O) groups is 2. The second kappa shape index (κ2) is 9.75. The fourth-order valence-electron chi connectivity index (χ4n) is 3.99. The van der Waals surface area contributed by atoms with Crippen molar-refractivity contribution in [2.45, 2.75) is 12.6 Å². The van der Waals surface area contributed by atoms with Crippen LogP contribution in [0.25, 0.3) is 5.76 Å². The third kappa shape index (κ3) is 4.20. The Labute approximate surface area is 206 Å². The summed E-state index contributed by atoms with van der Waals surface area (Å²) in [6.07, 6.45) is 3.13. The first kappa shape index (κ1) is 23.6. The molecule has 1 aromatic heterocycles. The largest absolute Gasteiger partial charge is 0.507 e. The highest BCUT2D eigenvalue weighted by molar-refractivity contribution is 6.46.